The van der Waals surface area contributed by atoms with Gasteiger partial charge in [-0.05, 0) is 40.8 Å². The summed E-state index contributed by atoms with van der Waals surface area (Å²) < 4.78 is 25.4. The zero-order valence-electron chi connectivity index (χ0n) is 15.3. The van der Waals surface area contributed by atoms with Gasteiger partial charge in [-0.15, -0.1) is 0 Å². The lowest BCUT2D eigenvalue weighted by Gasteiger charge is -2.61. The molecular weight excluding hydrogens is 316 g/mol. The van der Waals surface area contributed by atoms with Crippen LogP contribution in [-0.4, -0.2) is 48.6 Å². The molecule has 0 amide bonds. The molecule has 4 atom stereocenters. The summed E-state index contributed by atoms with van der Waals surface area (Å²) in [4.78, 5) is 0. The summed E-state index contributed by atoms with van der Waals surface area (Å²) >= 11 is 0. The van der Waals surface area contributed by atoms with Gasteiger partial charge in [-0.1, -0.05) is 20.0 Å². The maximum absolute atomic E-state index is 6.62. The summed E-state index contributed by atoms with van der Waals surface area (Å²) in [5.74, 6) is -0.580. The Balaban J connectivity index is 3.38. The molecule has 21 heavy (non-hydrogen) atoms. The fraction of sp³-hybridized carbons (Fsp3) is 1.00. The van der Waals surface area contributed by atoms with E-state index in [-0.39, 0.29) is 0 Å². The molecule has 0 aromatic carbocycles. The van der Waals surface area contributed by atoms with Gasteiger partial charge in [0, 0.05) is 25.4 Å². The van der Waals surface area contributed by atoms with Crippen molar-refractivity contribution in [3.05, 3.63) is 0 Å². The van der Waals surface area contributed by atoms with Crippen LogP contribution >= 0.6 is 0 Å². The zero-order chi connectivity index (χ0) is 16.5. The quantitative estimate of drug-likeness (QED) is 0.684. The van der Waals surface area contributed by atoms with E-state index in [0.29, 0.717) is 18.8 Å². The normalized spacial score (nSPS) is 43.0. The SMILES string of the molecule is CCOC1(C)O[Si](C)(OCC)[Si](C)(C)[Si](C)(OCC)C1C. The molecule has 0 radical (unpaired) electrons. The van der Waals surface area contributed by atoms with Crippen LogP contribution < -0.4 is 0 Å². The third kappa shape index (κ3) is 2.98. The number of hydrogen-bond donors (Lipinski definition) is 0. The van der Waals surface area contributed by atoms with Crippen molar-refractivity contribution < 1.29 is 18.0 Å². The van der Waals surface area contributed by atoms with Gasteiger partial charge >= 0.3 is 8.08 Å². The summed E-state index contributed by atoms with van der Waals surface area (Å²) in [6, 6.07) is 0. The number of hydrogen-bond acceptors (Lipinski definition) is 4. The van der Waals surface area contributed by atoms with E-state index in [1.807, 2.05) is 6.92 Å². The second kappa shape index (κ2) is 6.54. The molecule has 1 aliphatic heterocycles. The Kier molecular flexibility index (Phi) is 6.09. The van der Waals surface area contributed by atoms with Crippen molar-refractivity contribution >= 4 is 23.0 Å². The van der Waals surface area contributed by atoms with Crippen molar-refractivity contribution in [1.82, 2.24) is 0 Å². The predicted molar refractivity (Wildman–Crippen MR) is 94.5 cm³/mol. The highest BCUT2D eigenvalue weighted by Gasteiger charge is 2.72. The summed E-state index contributed by atoms with van der Waals surface area (Å²) in [5.41, 5.74) is 0.299. The Labute approximate surface area is 133 Å². The van der Waals surface area contributed by atoms with Crippen molar-refractivity contribution in [2.24, 2.45) is 0 Å². The molecule has 1 fully saturated rings. The Hall–Kier alpha value is 0.491. The van der Waals surface area contributed by atoms with Crippen LogP contribution in [0.15, 0.2) is 0 Å². The molecular formula is C14H34O4Si3. The average Bonchev–Trinajstić information content (AvgIpc) is 2.36. The molecule has 0 bridgehead atoms. The van der Waals surface area contributed by atoms with Crippen LogP contribution in [-0.2, 0) is 18.0 Å². The van der Waals surface area contributed by atoms with Crippen LogP contribution in [0.3, 0.4) is 0 Å². The van der Waals surface area contributed by atoms with Gasteiger partial charge < -0.3 is 18.0 Å². The fourth-order valence-electron chi connectivity index (χ4n) is 3.63. The molecule has 0 aliphatic carbocycles. The first-order valence-electron chi connectivity index (χ1n) is 8.16. The minimum atomic E-state index is -2.30. The maximum atomic E-state index is 6.62. The molecule has 0 saturated carbocycles. The monoisotopic (exact) mass is 350 g/mol. The highest BCUT2D eigenvalue weighted by Crippen LogP contribution is 2.51. The third-order valence-corrected chi connectivity index (χ3v) is 40.4. The van der Waals surface area contributed by atoms with Crippen LogP contribution in [0.5, 0.6) is 0 Å². The lowest BCUT2D eigenvalue weighted by atomic mass is 10.2. The summed E-state index contributed by atoms with van der Waals surface area (Å²) in [6.45, 7) is 22.1. The van der Waals surface area contributed by atoms with E-state index in [0.717, 1.165) is 6.61 Å². The van der Waals surface area contributed by atoms with Gasteiger partial charge in [-0.2, -0.15) is 0 Å². The van der Waals surface area contributed by atoms with E-state index in [1.54, 1.807) is 0 Å². The minimum Gasteiger partial charge on any atom is -0.420 e. The smallest absolute Gasteiger partial charge is 0.315 e. The predicted octanol–water partition coefficient (Wildman–Crippen LogP) is 3.74. The van der Waals surface area contributed by atoms with Crippen molar-refractivity contribution in [2.45, 2.75) is 72.1 Å². The molecule has 1 rings (SSSR count). The van der Waals surface area contributed by atoms with Gasteiger partial charge in [0.05, 0.1) is 0 Å². The van der Waals surface area contributed by atoms with E-state index in [9.17, 15) is 0 Å². The molecule has 126 valence electrons. The summed E-state index contributed by atoms with van der Waals surface area (Å²) in [5, 5.41) is 0. The van der Waals surface area contributed by atoms with E-state index in [2.05, 4.69) is 53.9 Å². The first-order valence-corrected chi connectivity index (χ1v) is 18.0. The fourth-order valence-corrected chi connectivity index (χ4v) is 33.3. The van der Waals surface area contributed by atoms with Crippen molar-refractivity contribution in [3.63, 3.8) is 0 Å². The average molecular weight is 351 g/mol. The van der Waals surface area contributed by atoms with Crippen LogP contribution in [0.25, 0.3) is 0 Å². The summed E-state index contributed by atoms with van der Waals surface area (Å²) in [6.07, 6.45) is 0. The van der Waals surface area contributed by atoms with Crippen LogP contribution in [0, 0.1) is 0 Å². The van der Waals surface area contributed by atoms with E-state index in [4.69, 9.17) is 18.0 Å². The van der Waals surface area contributed by atoms with Crippen LogP contribution in [0.4, 0.5) is 0 Å². The number of rotatable bonds is 6. The molecule has 4 unspecified atom stereocenters. The lowest BCUT2D eigenvalue weighted by molar-refractivity contribution is -0.185. The van der Waals surface area contributed by atoms with E-state index < -0.39 is 28.8 Å². The highest BCUT2D eigenvalue weighted by molar-refractivity contribution is 7.65. The first-order chi connectivity index (χ1) is 9.54. The van der Waals surface area contributed by atoms with Gasteiger partial charge in [-0.3, -0.25) is 0 Å². The van der Waals surface area contributed by atoms with Crippen LogP contribution in [0.1, 0.15) is 34.6 Å². The third-order valence-electron chi connectivity index (χ3n) is 5.68. The van der Waals surface area contributed by atoms with Gasteiger partial charge in [0.15, 0.2) is 13.6 Å². The zero-order valence-corrected chi connectivity index (χ0v) is 18.3. The molecule has 0 spiro atoms. The first kappa shape index (κ1) is 19.5. The van der Waals surface area contributed by atoms with Crippen molar-refractivity contribution in [2.75, 3.05) is 19.8 Å². The van der Waals surface area contributed by atoms with E-state index in [1.165, 1.54) is 0 Å². The highest BCUT2D eigenvalue weighted by atomic mass is 29.7. The maximum Gasteiger partial charge on any atom is 0.315 e. The molecule has 4 nitrogen and oxygen atoms in total. The van der Waals surface area contributed by atoms with Gasteiger partial charge in [0.2, 0.25) is 0 Å². The Morgan fingerprint density at radius 3 is 1.90 bits per heavy atom. The van der Waals surface area contributed by atoms with Crippen molar-refractivity contribution in [1.29, 1.82) is 0 Å². The topological polar surface area (TPSA) is 36.9 Å². The van der Waals surface area contributed by atoms with Gasteiger partial charge in [0.25, 0.3) is 0 Å². The van der Waals surface area contributed by atoms with Gasteiger partial charge in [0.1, 0.15) is 7.11 Å². The molecule has 1 heterocycles. The molecule has 0 aromatic heterocycles. The summed E-state index contributed by atoms with van der Waals surface area (Å²) in [7, 11) is -6.08. The molecule has 0 aromatic rings. The van der Waals surface area contributed by atoms with Gasteiger partial charge in [-0.25, -0.2) is 0 Å². The minimum absolute atomic E-state index is 0.299. The Morgan fingerprint density at radius 1 is 0.952 bits per heavy atom. The molecule has 1 saturated heterocycles. The number of ether oxygens (including phenoxy) is 1. The van der Waals surface area contributed by atoms with Crippen molar-refractivity contribution in [3.8, 4) is 0 Å². The molecule has 7 heteroatoms. The Bertz CT molecular complexity index is 368. The Morgan fingerprint density at radius 2 is 1.48 bits per heavy atom. The lowest BCUT2D eigenvalue weighted by Crippen LogP contribution is -2.84. The molecule has 1 aliphatic rings. The van der Waals surface area contributed by atoms with Crippen LogP contribution in [0.2, 0.25) is 31.7 Å². The molecule has 0 N–H and O–H groups in total. The second-order valence-electron chi connectivity index (χ2n) is 6.82. The standard InChI is InChI=1S/C14H34O4Si3/c1-10-15-14(5)13(4)20(8,16-11-2)19(6,7)21(9,18-14)17-12-3/h13H,10-12H2,1-9H3. The van der Waals surface area contributed by atoms with E-state index >= 15 is 0 Å². The second-order valence-corrected chi connectivity index (χ2v) is 30.5. The largest absolute Gasteiger partial charge is 0.420 e.